The maximum absolute atomic E-state index is 13.6. The van der Waals surface area contributed by atoms with Crippen LogP contribution in [0.5, 0.6) is 0 Å². The number of carboxylic acid groups (broad SMARTS) is 2. The van der Waals surface area contributed by atoms with Gasteiger partial charge in [0, 0.05) is 11.1 Å². The Morgan fingerprint density at radius 1 is 0.704 bits per heavy atom. The lowest BCUT2D eigenvalue weighted by Crippen LogP contribution is -2.54. The van der Waals surface area contributed by atoms with Crippen LogP contribution in [0.4, 0.5) is 9.59 Å². The molecule has 2 aromatic heterocycles. The number of carbonyl (C=O) groups is 4. The molecule has 0 aliphatic heterocycles. The smallest absolute Gasteiger partial charge is 0.405 e. The summed E-state index contributed by atoms with van der Waals surface area (Å²) in [6, 6.07) is 24.5. The molecule has 4 atom stereocenters. The number of nitrogens with zero attached hydrogens (tertiary/aromatic N) is 2. The second-order valence-corrected chi connectivity index (χ2v) is 13.0. The molecule has 0 bridgehead atoms. The minimum Gasteiger partial charge on any atom is -0.465 e. The van der Waals surface area contributed by atoms with E-state index < -0.39 is 47.7 Å². The highest BCUT2D eigenvalue weighted by atomic mass is 16.4. The number of carbonyl (C=O) groups excluding carboxylic acids is 2. The lowest BCUT2D eigenvalue weighted by atomic mass is 9.87. The minimum absolute atomic E-state index is 0.491. The second-order valence-electron chi connectivity index (χ2n) is 13.0. The van der Waals surface area contributed by atoms with Crippen LogP contribution in [0.1, 0.15) is 78.4 Å². The lowest BCUT2D eigenvalue weighted by Gasteiger charge is -2.31. The van der Waals surface area contributed by atoms with Crippen LogP contribution >= 0.6 is 0 Å². The van der Waals surface area contributed by atoms with Gasteiger partial charge in [0.1, 0.15) is 23.2 Å². The van der Waals surface area contributed by atoms with Gasteiger partial charge < -0.3 is 41.4 Å². The molecular formula is C40H38N8O6. The van der Waals surface area contributed by atoms with Crippen LogP contribution in [0.3, 0.4) is 0 Å². The Hall–Kier alpha value is -7.14. The Bertz CT molecular complexity index is 2450. The zero-order chi connectivity index (χ0) is 38.6. The van der Waals surface area contributed by atoms with Crippen LogP contribution < -0.4 is 21.3 Å². The van der Waals surface area contributed by atoms with E-state index in [9.17, 15) is 29.4 Å². The Balaban J connectivity index is 1.15. The minimum atomic E-state index is -1.54. The van der Waals surface area contributed by atoms with Crippen LogP contribution in [0, 0.1) is 18.8 Å². The van der Waals surface area contributed by atoms with Gasteiger partial charge in [0.25, 0.3) is 5.91 Å². The first-order valence-corrected chi connectivity index (χ1v) is 17.0. The van der Waals surface area contributed by atoms with Gasteiger partial charge in [0.05, 0.1) is 34.2 Å². The van der Waals surface area contributed by atoms with E-state index in [1.165, 1.54) is 6.92 Å². The third-order valence-electron chi connectivity index (χ3n) is 9.04. The SMILES string of the molecule is Cc1ccccc1[C@](C)(NC(=O)O)C(=O)NC(C)c1nc2ccc(C#Cc3ccc4nc(C(C)NC(=O)[C@@H](NC(=O)O)c5ccccc5)[nH]c4c3)cc2[nH]1. The average molecular weight is 727 g/mol. The number of fused-ring (bicyclic) bond motifs is 2. The summed E-state index contributed by atoms with van der Waals surface area (Å²) in [6.45, 7) is 6.87. The molecule has 8 N–H and O–H groups in total. The van der Waals surface area contributed by atoms with Gasteiger partial charge in [-0.1, -0.05) is 66.4 Å². The van der Waals surface area contributed by atoms with Gasteiger partial charge in [-0.2, -0.15) is 0 Å². The Kier molecular flexibility index (Phi) is 10.3. The highest BCUT2D eigenvalue weighted by Crippen LogP contribution is 2.27. The van der Waals surface area contributed by atoms with E-state index in [1.807, 2.05) is 55.5 Å². The van der Waals surface area contributed by atoms with Crippen molar-refractivity contribution in [2.24, 2.45) is 0 Å². The lowest BCUT2D eigenvalue weighted by molar-refractivity contribution is -0.128. The summed E-state index contributed by atoms with van der Waals surface area (Å²) in [7, 11) is 0. The molecule has 14 heteroatoms. The molecule has 0 saturated carbocycles. The molecule has 6 aromatic rings. The molecule has 0 spiro atoms. The third-order valence-corrected chi connectivity index (χ3v) is 9.04. The number of aromatic amines is 2. The topological polar surface area (TPSA) is 214 Å². The van der Waals surface area contributed by atoms with E-state index in [0.29, 0.717) is 44.8 Å². The average Bonchev–Trinajstić information content (AvgIpc) is 3.77. The van der Waals surface area contributed by atoms with E-state index in [4.69, 9.17) is 0 Å². The van der Waals surface area contributed by atoms with Crippen molar-refractivity contribution >= 4 is 46.1 Å². The summed E-state index contributed by atoms with van der Waals surface area (Å²) in [5, 5.41) is 29.2. The molecule has 0 saturated heterocycles. The molecule has 0 radical (unpaired) electrons. The van der Waals surface area contributed by atoms with E-state index in [1.54, 1.807) is 56.3 Å². The highest BCUT2D eigenvalue weighted by Gasteiger charge is 2.39. The third kappa shape index (κ3) is 8.00. The first-order chi connectivity index (χ1) is 25.8. The van der Waals surface area contributed by atoms with Crippen LogP contribution in [-0.2, 0) is 15.1 Å². The maximum Gasteiger partial charge on any atom is 0.405 e. The van der Waals surface area contributed by atoms with Crippen LogP contribution in [0.25, 0.3) is 22.1 Å². The molecule has 6 rings (SSSR count). The van der Waals surface area contributed by atoms with Crippen molar-refractivity contribution in [1.29, 1.82) is 0 Å². The normalized spacial score (nSPS) is 13.8. The van der Waals surface area contributed by atoms with Crippen molar-refractivity contribution in [3.05, 3.63) is 130 Å². The fraction of sp³-hybridized carbons (Fsp3) is 0.200. The van der Waals surface area contributed by atoms with E-state index in [-0.39, 0.29) is 0 Å². The van der Waals surface area contributed by atoms with Crippen LogP contribution in [-0.4, -0.2) is 54.1 Å². The van der Waals surface area contributed by atoms with Crippen molar-refractivity contribution in [3.8, 4) is 11.8 Å². The quantitative estimate of drug-likeness (QED) is 0.0819. The standard InChI is InChI=1S/C40H38N8O6/c1-22-10-8-9-13-28(22)40(4,48-39(53)54)37(50)42-24(3)35-44-30-19-17-26(21-32(30)46-35)15-14-25-16-18-29-31(20-25)45-34(43-29)23(2)41-36(49)33(47-38(51)52)27-11-6-5-7-12-27/h5-13,16-21,23-24,33,47-48H,1-4H3,(H,41,49)(H,42,50)(H,43,45)(H,44,46)(H,51,52)(H,53,54)/t23?,24?,33-,40-/m0/s1. The van der Waals surface area contributed by atoms with E-state index >= 15 is 0 Å². The fourth-order valence-electron chi connectivity index (χ4n) is 6.21. The van der Waals surface area contributed by atoms with Crippen molar-refractivity contribution in [3.63, 3.8) is 0 Å². The Morgan fingerprint density at radius 2 is 1.24 bits per heavy atom. The summed E-state index contributed by atoms with van der Waals surface area (Å²) in [4.78, 5) is 65.5. The summed E-state index contributed by atoms with van der Waals surface area (Å²) in [5.74, 6) is 6.29. The number of rotatable bonds is 10. The zero-order valence-electron chi connectivity index (χ0n) is 29.8. The van der Waals surface area contributed by atoms with Gasteiger partial charge >= 0.3 is 12.2 Å². The van der Waals surface area contributed by atoms with Gasteiger partial charge in [-0.25, -0.2) is 19.6 Å². The summed E-state index contributed by atoms with van der Waals surface area (Å²) >= 11 is 0. The molecule has 0 aliphatic rings. The van der Waals surface area contributed by atoms with Crippen molar-refractivity contribution in [2.45, 2.75) is 51.4 Å². The Labute approximate surface area is 309 Å². The molecule has 274 valence electrons. The van der Waals surface area contributed by atoms with Gasteiger partial charge in [-0.3, -0.25) is 9.59 Å². The second kappa shape index (κ2) is 15.2. The molecule has 0 aliphatic carbocycles. The maximum atomic E-state index is 13.6. The number of hydrogen-bond acceptors (Lipinski definition) is 6. The number of aryl methyl sites for hydroxylation is 1. The number of nitrogens with one attached hydrogen (secondary N) is 6. The van der Waals surface area contributed by atoms with Crippen LogP contribution in [0.15, 0.2) is 91.0 Å². The summed E-state index contributed by atoms with van der Waals surface area (Å²) in [5.41, 5.74) is 4.48. The Morgan fingerprint density at radius 3 is 1.78 bits per heavy atom. The molecule has 2 unspecified atom stereocenters. The fourth-order valence-corrected chi connectivity index (χ4v) is 6.21. The largest absolute Gasteiger partial charge is 0.465 e. The number of H-pyrrole nitrogens is 2. The molecule has 2 heterocycles. The predicted molar refractivity (Wildman–Crippen MR) is 201 cm³/mol. The van der Waals surface area contributed by atoms with Crippen molar-refractivity contribution in [2.75, 3.05) is 0 Å². The van der Waals surface area contributed by atoms with Crippen molar-refractivity contribution in [1.82, 2.24) is 41.2 Å². The molecule has 0 fully saturated rings. The van der Waals surface area contributed by atoms with Gasteiger partial charge in [0.2, 0.25) is 5.91 Å². The molecule has 14 nitrogen and oxygen atoms in total. The van der Waals surface area contributed by atoms with Gasteiger partial charge in [0.15, 0.2) is 0 Å². The predicted octanol–water partition coefficient (Wildman–Crippen LogP) is 5.69. The molecular weight excluding hydrogens is 688 g/mol. The zero-order valence-corrected chi connectivity index (χ0v) is 29.8. The number of aromatic nitrogens is 4. The monoisotopic (exact) mass is 726 g/mol. The first kappa shape index (κ1) is 36.6. The molecule has 54 heavy (non-hydrogen) atoms. The van der Waals surface area contributed by atoms with E-state index in [0.717, 1.165) is 16.7 Å². The van der Waals surface area contributed by atoms with E-state index in [2.05, 4.69) is 53.0 Å². The van der Waals surface area contributed by atoms with Crippen LogP contribution in [0.2, 0.25) is 0 Å². The number of hydrogen-bond donors (Lipinski definition) is 8. The van der Waals surface area contributed by atoms with Crippen molar-refractivity contribution < 1.29 is 29.4 Å². The molecule has 4 amide bonds. The number of imidazole rings is 2. The summed E-state index contributed by atoms with van der Waals surface area (Å²) < 4.78 is 0. The van der Waals surface area contributed by atoms with Gasteiger partial charge in [-0.05, 0) is 80.8 Å². The molecule has 4 aromatic carbocycles. The number of benzene rings is 4. The number of amides is 4. The summed E-state index contributed by atoms with van der Waals surface area (Å²) in [6.07, 6.45) is -2.64. The van der Waals surface area contributed by atoms with Gasteiger partial charge in [-0.15, -0.1) is 0 Å². The highest BCUT2D eigenvalue weighted by molar-refractivity contribution is 5.91. The first-order valence-electron chi connectivity index (χ1n) is 17.0.